The normalized spacial score (nSPS) is 24.3. The molecule has 42 heavy (non-hydrogen) atoms. The van der Waals surface area contributed by atoms with Crippen molar-refractivity contribution in [2.45, 2.75) is 24.4 Å². The van der Waals surface area contributed by atoms with E-state index in [1.165, 1.54) is 0 Å². The Labute approximate surface area is 242 Å². The molecule has 0 aromatic heterocycles. The van der Waals surface area contributed by atoms with Gasteiger partial charge in [0.1, 0.15) is 11.5 Å². The van der Waals surface area contributed by atoms with E-state index in [9.17, 15) is 14.4 Å². The van der Waals surface area contributed by atoms with E-state index in [1.807, 2.05) is 84.8 Å². The molecule has 0 saturated carbocycles. The van der Waals surface area contributed by atoms with E-state index in [-0.39, 0.29) is 24.3 Å². The Bertz CT molecular complexity index is 1840. The van der Waals surface area contributed by atoms with E-state index in [4.69, 9.17) is 9.47 Å². The first-order valence-electron chi connectivity index (χ1n) is 14.0. The summed E-state index contributed by atoms with van der Waals surface area (Å²) in [5, 5.41) is 3.08. The number of hydrogen-bond acceptors (Lipinski definition) is 6. The quantitative estimate of drug-likeness (QED) is 0.326. The van der Waals surface area contributed by atoms with Crippen LogP contribution in [0.4, 0.5) is 5.69 Å². The molecule has 4 aliphatic rings. The average molecular weight is 555 g/mol. The maximum absolute atomic E-state index is 14.8. The minimum absolute atomic E-state index is 0.0821. The Morgan fingerprint density at radius 3 is 2.45 bits per heavy atom. The van der Waals surface area contributed by atoms with Crippen LogP contribution in [0.15, 0.2) is 97.2 Å². The lowest BCUT2D eigenvalue weighted by atomic mass is 9.62. The summed E-state index contributed by atoms with van der Waals surface area (Å²) >= 11 is 0. The molecular formula is C35H26N2O5. The molecule has 0 unspecified atom stereocenters. The predicted octanol–water partition coefficient (Wildman–Crippen LogP) is 5.71. The first-order chi connectivity index (χ1) is 20.5. The van der Waals surface area contributed by atoms with E-state index in [0.717, 1.165) is 22.3 Å². The molecule has 4 atom stereocenters. The van der Waals surface area contributed by atoms with Crippen molar-refractivity contribution in [1.82, 2.24) is 4.90 Å². The van der Waals surface area contributed by atoms with Gasteiger partial charge in [-0.1, -0.05) is 72.3 Å². The van der Waals surface area contributed by atoms with E-state index < -0.39 is 23.4 Å². The van der Waals surface area contributed by atoms with Crippen molar-refractivity contribution in [3.8, 4) is 11.5 Å². The molecule has 7 nitrogen and oxygen atoms in total. The fourth-order valence-electron chi connectivity index (χ4n) is 7.29. The maximum atomic E-state index is 14.8. The molecule has 1 saturated heterocycles. The number of nitrogens with one attached hydrogen (secondary N) is 1. The molecule has 0 aliphatic carbocycles. The zero-order valence-corrected chi connectivity index (χ0v) is 22.7. The number of carbonyl (C=O) groups excluding carboxylic acids is 3. The molecule has 1 fully saturated rings. The van der Waals surface area contributed by atoms with Crippen LogP contribution in [0.25, 0.3) is 6.08 Å². The first-order valence-corrected chi connectivity index (χ1v) is 14.0. The van der Waals surface area contributed by atoms with Crippen LogP contribution < -0.4 is 14.8 Å². The van der Waals surface area contributed by atoms with Crippen LogP contribution in [0.5, 0.6) is 11.5 Å². The van der Waals surface area contributed by atoms with Gasteiger partial charge in [-0.05, 0) is 54.0 Å². The van der Waals surface area contributed by atoms with E-state index in [1.54, 1.807) is 30.3 Å². The lowest BCUT2D eigenvalue weighted by Gasteiger charge is -2.38. The Morgan fingerprint density at radius 2 is 1.60 bits per heavy atom. The molecular weight excluding hydrogens is 528 g/mol. The second-order valence-electron chi connectivity index (χ2n) is 11.2. The molecule has 1 spiro atoms. The number of benzene rings is 4. The van der Waals surface area contributed by atoms with Gasteiger partial charge in [0, 0.05) is 23.0 Å². The van der Waals surface area contributed by atoms with Crippen molar-refractivity contribution < 1.29 is 23.9 Å². The van der Waals surface area contributed by atoms with Crippen molar-refractivity contribution in [3.05, 3.63) is 131 Å². The molecule has 4 heterocycles. The number of hydrogen-bond donors (Lipinski definition) is 1. The summed E-state index contributed by atoms with van der Waals surface area (Å²) in [7, 11) is 0. The highest BCUT2D eigenvalue weighted by Crippen LogP contribution is 2.62. The lowest BCUT2D eigenvalue weighted by Crippen LogP contribution is -2.49. The standard InChI is InChI=1S/C35H26N2O5/c1-20-10-12-22(13-11-20)31(38)29-30(32(39)23-14-15-27-28(18-23)42-19-41-27)37-17-16-21-6-2-3-7-24(21)33(37)35(29)25-8-4-5-9-26(25)36-34(35)40/h2-18,29-30,33H,19H2,1H3,(H,36,40)/t29-,30+,33+,35-/m0/s1. The second kappa shape index (κ2) is 8.91. The number of ether oxygens (including phenoxy) is 2. The maximum Gasteiger partial charge on any atom is 0.238 e. The van der Waals surface area contributed by atoms with Gasteiger partial charge < -0.3 is 19.7 Å². The number of fused-ring (bicyclic) bond motifs is 7. The van der Waals surface area contributed by atoms with Crippen LogP contribution in [-0.4, -0.2) is 35.2 Å². The summed E-state index contributed by atoms with van der Waals surface area (Å²) in [6.45, 7) is 2.04. The van der Waals surface area contributed by atoms with Gasteiger partial charge in [0.2, 0.25) is 12.7 Å². The summed E-state index contributed by atoms with van der Waals surface area (Å²) in [5.74, 6) is -0.772. The van der Waals surface area contributed by atoms with E-state index in [0.29, 0.717) is 28.3 Å². The largest absolute Gasteiger partial charge is 0.454 e. The SMILES string of the molecule is Cc1ccc(C(=O)[C@@H]2[C@H](C(=O)c3ccc4c(c3)OCO4)N3C=Cc4ccccc4[C@@H]3[C@@]23C(=O)Nc2ccccc23)cc1. The molecule has 4 aliphatic heterocycles. The number of nitrogens with zero attached hydrogens (tertiary/aromatic N) is 1. The zero-order valence-electron chi connectivity index (χ0n) is 22.7. The van der Waals surface area contributed by atoms with Crippen LogP contribution in [0.2, 0.25) is 0 Å². The highest BCUT2D eigenvalue weighted by molar-refractivity contribution is 6.16. The zero-order chi connectivity index (χ0) is 28.6. The summed E-state index contributed by atoms with van der Waals surface area (Å²) in [6, 6.07) is 26.3. The van der Waals surface area contributed by atoms with Gasteiger partial charge in [0.15, 0.2) is 23.1 Å². The molecule has 1 N–H and O–H groups in total. The van der Waals surface area contributed by atoms with Gasteiger partial charge in [-0.2, -0.15) is 0 Å². The van der Waals surface area contributed by atoms with Crippen LogP contribution in [0, 0.1) is 12.8 Å². The number of para-hydroxylation sites is 1. The summed E-state index contributed by atoms with van der Waals surface area (Å²) in [5.41, 5.74) is 3.73. The van der Waals surface area contributed by atoms with Gasteiger partial charge >= 0.3 is 0 Å². The number of carbonyl (C=O) groups is 3. The minimum atomic E-state index is -1.36. The van der Waals surface area contributed by atoms with Crippen molar-refractivity contribution in [2.24, 2.45) is 5.92 Å². The smallest absolute Gasteiger partial charge is 0.238 e. The highest BCUT2D eigenvalue weighted by Gasteiger charge is 2.70. The number of aryl methyl sites for hydroxylation is 1. The van der Waals surface area contributed by atoms with Gasteiger partial charge in [0.25, 0.3) is 0 Å². The van der Waals surface area contributed by atoms with E-state index in [2.05, 4.69) is 5.32 Å². The summed E-state index contributed by atoms with van der Waals surface area (Å²) in [4.78, 5) is 46.0. The number of amides is 1. The predicted molar refractivity (Wildman–Crippen MR) is 156 cm³/mol. The summed E-state index contributed by atoms with van der Waals surface area (Å²) in [6.07, 6.45) is 3.83. The van der Waals surface area contributed by atoms with E-state index >= 15 is 0 Å². The monoisotopic (exact) mass is 554 g/mol. The number of rotatable bonds is 4. The van der Waals surface area contributed by atoms with Crippen molar-refractivity contribution in [3.63, 3.8) is 0 Å². The van der Waals surface area contributed by atoms with Crippen LogP contribution >= 0.6 is 0 Å². The van der Waals surface area contributed by atoms with Crippen molar-refractivity contribution in [2.75, 3.05) is 12.1 Å². The summed E-state index contributed by atoms with van der Waals surface area (Å²) < 4.78 is 11.1. The minimum Gasteiger partial charge on any atom is -0.454 e. The first kappa shape index (κ1) is 24.6. The number of Topliss-reactive ketones (excluding diaryl/α,β-unsaturated/α-hetero) is 2. The van der Waals surface area contributed by atoms with Crippen LogP contribution in [0.1, 0.15) is 49.0 Å². The molecule has 4 aromatic carbocycles. The second-order valence-corrected chi connectivity index (χ2v) is 11.2. The molecule has 0 bridgehead atoms. The Morgan fingerprint density at radius 1 is 0.857 bits per heavy atom. The van der Waals surface area contributed by atoms with Gasteiger partial charge in [-0.25, -0.2) is 0 Å². The molecule has 206 valence electrons. The molecule has 0 radical (unpaired) electrons. The highest BCUT2D eigenvalue weighted by atomic mass is 16.7. The van der Waals surface area contributed by atoms with Crippen LogP contribution in [0.3, 0.4) is 0 Å². The third kappa shape index (κ3) is 3.25. The molecule has 4 aromatic rings. The van der Waals surface area contributed by atoms with Crippen LogP contribution in [-0.2, 0) is 10.2 Å². The third-order valence-electron chi connectivity index (χ3n) is 9.11. The van der Waals surface area contributed by atoms with Gasteiger partial charge in [-0.15, -0.1) is 0 Å². The van der Waals surface area contributed by atoms with Gasteiger partial charge in [-0.3, -0.25) is 14.4 Å². The number of anilines is 1. The molecule has 8 rings (SSSR count). The Hall–Kier alpha value is -5.17. The lowest BCUT2D eigenvalue weighted by molar-refractivity contribution is -0.122. The average Bonchev–Trinajstić information content (AvgIpc) is 3.70. The molecule has 1 amide bonds. The molecule has 7 heteroatoms. The fraction of sp³-hybridized carbons (Fsp3) is 0.171. The Balaban J connectivity index is 1.40. The topological polar surface area (TPSA) is 84.9 Å². The number of ketones is 2. The fourth-order valence-corrected chi connectivity index (χ4v) is 7.29. The third-order valence-corrected chi connectivity index (χ3v) is 9.11. The van der Waals surface area contributed by atoms with Gasteiger partial charge in [0.05, 0.1) is 12.0 Å². The van der Waals surface area contributed by atoms with Crippen molar-refractivity contribution in [1.29, 1.82) is 0 Å². The Kier molecular flexibility index (Phi) is 5.22. The van der Waals surface area contributed by atoms with Crippen molar-refractivity contribution >= 4 is 29.2 Å².